The molecular weight excluding hydrogens is 250 g/mol. The van der Waals surface area contributed by atoms with Crippen molar-refractivity contribution in [1.82, 2.24) is 9.97 Å². The Labute approximate surface area is 110 Å². The number of hydrogen-bond donors (Lipinski definition) is 2. The maximum Gasteiger partial charge on any atom is 0.192 e. The van der Waals surface area contributed by atoms with Gasteiger partial charge in [-0.3, -0.25) is 0 Å². The summed E-state index contributed by atoms with van der Waals surface area (Å²) >= 11 is 1.94. The van der Waals surface area contributed by atoms with Gasteiger partial charge < -0.3 is 15.8 Å². The van der Waals surface area contributed by atoms with E-state index in [0.29, 0.717) is 11.5 Å². The first-order chi connectivity index (χ1) is 8.53. The topological polar surface area (TPSA) is 87.6 Å². The molecule has 98 valence electrons. The Morgan fingerprint density at radius 1 is 1.50 bits per heavy atom. The Hall–Kier alpha value is -1.50. The predicted octanol–water partition coefficient (Wildman–Crippen LogP) is 0.903. The molecule has 1 aliphatic rings. The van der Waals surface area contributed by atoms with Crippen molar-refractivity contribution >= 4 is 23.4 Å². The maximum atomic E-state index is 8.79. The van der Waals surface area contributed by atoms with Gasteiger partial charge in [0, 0.05) is 36.0 Å². The van der Waals surface area contributed by atoms with Crippen molar-refractivity contribution in [2.45, 2.75) is 18.6 Å². The van der Waals surface area contributed by atoms with E-state index in [1.54, 1.807) is 12.4 Å². The summed E-state index contributed by atoms with van der Waals surface area (Å²) in [5.41, 5.74) is 6.07. The van der Waals surface area contributed by atoms with Crippen LogP contribution in [-0.4, -0.2) is 44.6 Å². The van der Waals surface area contributed by atoms with Gasteiger partial charge in [-0.1, -0.05) is 5.16 Å². The summed E-state index contributed by atoms with van der Waals surface area (Å²) in [4.78, 5) is 10.6. The van der Waals surface area contributed by atoms with Crippen LogP contribution in [0.1, 0.15) is 19.5 Å². The first kappa shape index (κ1) is 12.9. The first-order valence-electron chi connectivity index (χ1n) is 5.71. The Bertz CT molecular complexity index is 463. The molecule has 0 aliphatic carbocycles. The van der Waals surface area contributed by atoms with Crippen molar-refractivity contribution in [3.63, 3.8) is 0 Å². The van der Waals surface area contributed by atoms with Crippen LogP contribution in [0.25, 0.3) is 0 Å². The largest absolute Gasteiger partial charge is 0.409 e. The van der Waals surface area contributed by atoms with Crippen molar-refractivity contribution in [2.75, 3.05) is 23.7 Å². The third-order valence-electron chi connectivity index (χ3n) is 2.75. The van der Waals surface area contributed by atoms with E-state index >= 15 is 0 Å². The second kappa shape index (κ2) is 5.01. The number of nitrogens with zero attached hydrogens (tertiary/aromatic N) is 4. The summed E-state index contributed by atoms with van der Waals surface area (Å²) < 4.78 is 0.165. The molecular formula is C11H17N5OS. The van der Waals surface area contributed by atoms with Gasteiger partial charge in [-0.15, -0.1) is 0 Å². The Kier molecular flexibility index (Phi) is 3.60. The number of hydrogen-bond acceptors (Lipinski definition) is 6. The molecule has 0 radical (unpaired) electrons. The predicted molar refractivity (Wildman–Crippen MR) is 73.3 cm³/mol. The normalized spacial score (nSPS) is 19.9. The molecule has 1 fully saturated rings. The minimum atomic E-state index is -0.00543. The van der Waals surface area contributed by atoms with Crippen molar-refractivity contribution < 1.29 is 5.21 Å². The molecule has 0 aromatic carbocycles. The van der Waals surface area contributed by atoms with E-state index in [1.165, 1.54) is 0 Å². The number of thioether (sulfide) groups is 1. The average molecular weight is 267 g/mol. The molecule has 2 rings (SSSR count). The van der Waals surface area contributed by atoms with E-state index in [0.717, 1.165) is 18.8 Å². The molecule has 0 unspecified atom stereocenters. The van der Waals surface area contributed by atoms with E-state index in [-0.39, 0.29) is 10.6 Å². The highest BCUT2D eigenvalue weighted by atomic mass is 32.2. The number of amidine groups is 1. The van der Waals surface area contributed by atoms with Crippen LogP contribution >= 0.6 is 11.8 Å². The molecule has 3 N–H and O–H groups in total. The lowest BCUT2D eigenvalue weighted by molar-refractivity contribution is 0.318. The molecule has 0 spiro atoms. The van der Waals surface area contributed by atoms with Gasteiger partial charge >= 0.3 is 0 Å². The van der Waals surface area contributed by atoms with Crippen LogP contribution in [0.15, 0.2) is 17.5 Å². The average Bonchev–Trinajstić information content (AvgIpc) is 2.36. The Balaban J connectivity index is 2.33. The first-order valence-corrected chi connectivity index (χ1v) is 6.70. The number of aromatic nitrogens is 2. The van der Waals surface area contributed by atoms with E-state index in [4.69, 9.17) is 10.9 Å². The monoisotopic (exact) mass is 267 g/mol. The lowest BCUT2D eigenvalue weighted by Gasteiger charge is -2.38. The van der Waals surface area contributed by atoms with E-state index in [9.17, 15) is 0 Å². The molecule has 7 heteroatoms. The fourth-order valence-corrected chi connectivity index (χ4v) is 3.10. The summed E-state index contributed by atoms with van der Waals surface area (Å²) in [7, 11) is 0. The second-order valence-corrected chi connectivity index (χ2v) is 6.55. The third-order valence-corrected chi connectivity index (χ3v) is 4.05. The standard InChI is InChI=1S/C11H17N5OS/c1-11(2)7-16(5-6-18-11)10-8(9(12)15-17)13-3-4-14-10/h3-4,17H,5-7H2,1-2H3,(H2,12,15). The fourth-order valence-electron chi connectivity index (χ4n) is 1.99. The quantitative estimate of drug-likeness (QED) is 0.358. The molecule has 1 saturated heterocycles. The van der Waals surface area contributed by atoms with E-state index < -0.39 is 0 Å². The van der Waals surface area contributed by atoms with Crippen LogP contribution in [0.2, 0.25) is 0 Å². The highest BCUT2D eigenvalue weighted by Gasteiger charge is 2.29. The van der Waals surface area contributed by atoms with Crippen molar-refractivity contribution in [3.8, 4) is 0 Å². The highest BCUT2D eigenvalue weighted by molar-refractivity contribution is 8.00. The molecule has 2 heterocycles. The molecule has 0 bridgehead atoms. The zero-order valence-electron chi connectivity index (χ0n) is 10.5. The molecule has 18 heavy (non-hydrogen) atoms. The molecule has 0 amide bonds. The zero-order valence-corrected chi connectivity index (χ0v) is 11.3. The van der Waals surface area contributed by atoms with E-state index in [2.05, 4.69) is 33.9 Å². The van der Waals surface area contributed by atoms with Crippen LogP contribution in [0.5, 0.6) is 0 Å². The summed E-state index contributed by atoms with van der Waals surface area (Å²) in [5.74, 6) is 1.70. The number of rotatable bonds is 2. The van der Waals surface area contributed by atoms with Gasteiger partial charge in [0.15, 0.2) is 17.3 Å². The van der Waals surface area contributed by atoms with Crippen molar-refractivity contribution in [2.24, 2.45) is 10.9 Å². The molecule has 6 nitrogen and oxygen atoms in total. The van der Waals surface area contributed by atoms with Crippen LogP contribution in [-0.2, 0) is 0 Å². The molecule has 0 atom stereocenters. The molecule has 1 aliphatic heterocycles. The Morgan fingerprint density at radius 2 is 2.22 bits per heavy atom. The van der Waals surface area contributed by atoms with Gasteiger partial charge in [0.25, 0.3) is 0 Å². The van der Waals surface area contributed by atoms with Crippen LogP contribution in [0.3, 0.4) is 0 Å². The van der Waals surface area contributed by atoms with Gasteiger partial charge in [-0.05, 0) is 13.8 Å². The number of nitrogens with two attached hydrogens (primary N) is 1. The van der Waals surface area contributed by atoms with Gasteiger partial charge in [0.1, 0.15) is 0 Å². The highest BCUT2D eigenvalue weighted by Crippen LogP contribution is 2.32. The summed E-state index contributed by atoms with van der Waals surface area (Å²) in [5, 5.41) is 11.8. The molecule has 1 aromatic rings. The zero-order chi connectivity index (χ0) is 13.2. The van der Waals surface area contributed by atoms with Gasteiger partial charge in [0.05, 0.1) is 0 Å². The molecule has 1 aromatic heterocycles. The lowest BCUT2D eigenvalue weighted by Crippen LogP contribution is -2.44. The van der Waals surface area contributed by atoms with Gasteiger partial charge in [-0.2, -0.15) is 11.8 Å². The SMILES string of the molecule is CC1(C)CN(c2nccnc2C(N)=NO)CCS1. The number of anilines is 1. The Morgan fingerprint density at radius 3 is 2.89 bits per heavy atom. The van der Waals surface area contributed by atoms with E-state index in [1.807, 2.05) is 11.8 Å². The lowest BCUT2D eigenvalue weighted by atomic mass is 10.2. The fraction of sp³-hybridized carbons (Fsp3) is 0.545. The smallest absolute Gasteiger partial charge is 0.192 e. The minimum absolute atomic E-state index is 0.00543. The minimum Gasteiger partial charge on any atom is -0.409 e. The number of oxime groups is 1. The van der Waals surface area contributed by atoms with Gasteiger partial charge in [0.2, 0.25) is 0 Å². The van der Waals surface area contributed by atoms with Crippen LogP contribution in [0, 0.1) is 0 Å². The van der Waals surface area contributed by atoms with Crippen LogP contribution < -0.4 is 10.6 Å². The summed E-state index contributed by atoms with van der Waals surface area (Å²) in [6.07, 6.45) is 3.17. The maximum absolute atomic E-state index is 8.79. The molecule has 0 saturated carbocycles. The summed E-state index contributed by atoms with van der Waals surface area (Å²) in [6, 6.07) is 0. The van der Waals surface area contributed by atoms with Crippen molar-refractivity contribution in [1.29, 1.82) is 0 Å². The van der Waals surface area contributed by atoms with Crippen LogP contribution in [0.4, 0.5) is 5.82 Å². The third kappa shape index (κ3) is 2.66. The summed E-state index contributed by atoms with van der Waals surface area (Å²) in [6.45, 7) is 6.15. The second-order valence-electron chi connectivity index (χ2n) is 4.74. The van der Waals surface area contributed by atoms with Crippen molar-refractivity contribution in [3.05, 3.63) is 18.1 Å². The van der Waals surface area contributed by atoms with Gasteiger partial charge in [-0.25, -0.2) is 9.97 Å².